The molecular formula is C22H26N2O2. The molecular weight excluding hydrogens is 324 g/mol. The molecule has 1 aliphatic rings. The molecule has 0 spiro atoms. The van der Waals surface area contributed by atoms with Crippen molar-refractivity contribution in [1.82, 2.24) is 4.90 Å². The monoisotopic (exact) mass is 350 g/mol. The van der Waals surface area contributed by atoms with Gasteiger partial charge in [0.1, 0.15) is 0 Å². The Morgan fingerprint density at radius 1 is 1.12 bits per heavy atom. The third-order valence-corrected chi connectivity index (χ3v) is 4.90. The molecule has 0 bridgehead atoms. The minimum atomic E-state index is -0.133. The maximum atomic E-state index is 12.6. The van der Waals surface area contributed by atoms with E-state index in [2.05, 4.69) is 30.4 Å². The van der Waals surface area contributed by atoms with Gasteiger partial charge in [0.25, 0.3) is 0 Å². The first-order valence-corrected chi connectivity index (χ1v) is 9.31. The molecule has 0 aliphatic carbocycles. The zero-order valence-electron chi connectivity index (χ0n) is 15.3. The predicted molar refractivity (Wildman–Crippen MR) is 104 cm³/mol. The summed E-state index contributed by atoms with van der Waals surface area (Å²) >= 11 is 0. The average Bonchev–Trinajstić information content (AvgIpc) is 2.67. The lowest BCUT2D eigenvalue weighted by Crippen LogP contribution is -2.43. The standard InChI is InChI=1S/C22H26N2O2/c1-17-7-5-8-18(15-17)12-13-21(25)24-14-6-9-19(16-24)22(26)23-20-10-3-2-4-11-20/h2-5,7-8,10-11,15,19H,6,9,12-14,16H2,1H3,(H,23,26). The molecule has 1 N–H and O–H groups in total. The Morgan fingerprint density at radius 2 is 1.92 bits per heavy atom. The molecule has 4 nitrogen and oxygen atoms in total. The quantitative estimate of drug-likeness (QED) is 0.891. The fourth-order valence-electron chi connectivity index (χ4n) is 3.46. The SMILES string of the molecule is Cc1cccc(CCC(=O)N2CCCC(C(=O)Nc3ccccc3)C2)c1. The van der Waals surface area contributed by atoms with E-state index in [9.17, 15) is 9.59 Å². The van der Waals surface area contributed by atoms with Crippen LogP contribution < -0.4 is 5.32 Å². The number of hydrogen-bond donors (Lipinski definition) is 1. The number of hydrogen-bond acceptors (Lipinski definition) is 2. The number of carbonyl (C=O) groups is 2. The smallest absolute Gasteiger partial charge is 0.229 e. The largest absolute Gasteiger partial charge is 0.342 e. The van der Waals surface area contributed by atoms with E-state index in [1.807, 2.05) is 41.3 Å². The second-order valence-electron chi connectivity index (χ2n) is 7.02. The molecule has 1 fully saturated rings. The third-order valence-electron chi connectivity index (χ3n) is 4.90. The number of para-hydroxylation sites is 1. The summed E-state index contributed by atoms with van der Waals surface area (Å²) in [6.45, 7) is 3.33. The summed E-state index contributed by atoms with van der Waals surface area (Å²) in [5, 5.41) is 2.96. The topological polar surface area (TPSA) is 49.4 Å². The van der Waals surface area contributed by atoms with Gasteiger partial charge in [-0.05, 0) is 43.9 Å². The van der Waals surface area contributed by atoms with Crippen LogP contribution in [0.3, 0.4) is 0 Å². The van der Waals surface area contributed by atoms with Crippen LogP contribution in [-0.4, -0.2) is 29.8 Å². The first kappa shape index (κ1) is 18.2. The van der Waals surface area contributed by atoms with E-state index < -0.39 is 0 Å². The van der Waals surface area contributed by atoms with Crippen LogP contribution in [0.1, 0.15) is 30.4 Å². The Labute approximate surface area is 155 Å². The van der Waals surface area contributed by atoms with Crippen LogP contribution in [0.25, 0.3) is 0 Å². The Balaban J connectivity index is 1.52. The zero-order chi connectivity index (χ0) is 18.4. The van der Waals surface area contributed by atoms with Crippen molar-refractivity contribution in [2.24, 2.45) is 5.92 Å². The number of rotatable bonds is 5. The van der Waals surface area contributed by atoms with Crippen molar-refractivity contribution in [2.45, 2.75) is 32.6 Å². The normalized spacial score (nSPS) is 17.0. The Bertz CT molecular complexity index is 758. The van der Waals surface area contributed by atoms with E-state index in [1.54, 1.807) is 0 Å². The molecule has 0 aromatic heterocycles. The highest BCUT2D eigenvalue weighted by atomic mass is 16.2. The Morgan fingerprint density at radius 3 is 2.69 bits per heavy atom. The second-order valence-corrected chi connectivity index (χ2v) is 7.02. The van der Waals surface area contributed by atoms with Crippen molar-refractivity contribution in [3.05, 3.63) is 65.7 Å². The summed E-state index contributed by atoms with van der Waals surface area (Å²) < 4.78 is 0. The zero-order valence-corrected chi connectivity index (χ0v) is 15.3. The van der Waals surface area contributed by atoms with Crippen molar-refractivity contribution in [3.63, 3.8) is 0 Å². The van der Waals surface area contributed by atoms with Gasteiger partial charge in [-0.2, -0.15) is 0 Å². The highest BCUT2D eigenvalue weighted by Crippen LogP contribution is 2.20. The second kappa shape index (κ2) is 8.65. The molecule has 3 rings (SSSR count). The van der Waals surface area contributed by atoms with E-state index >= 15 is 0 Å². The van der Waals surface area contributed by atoms with Gasteiger partial charge in [-0.15, -0.1) is 0 Å². The van der Waals surface area contributed by atoms with Crippen LogP contribution in [0.4, 0.5) is 5.69 Å². The van der Waals surface area contributed by atoms with E-state index in [0.717, 1.165) is 31.5 Å². The predicted octanol–water partition coefficient (Wildman–Crippen LogP) is 3.80. The Hall–Kier alpha value is -2.62. The van der Waals surface area contributed by atoms with Crippen molar-refractivity contribution in [3.8, 4) is 0 Å². The first-order chi connectivity index (χ1) is 12.6. The van der Waals surface area contributed by atoms with Gasteiger partial charge in [0.2, 0.25) is 11.8 Å². The van der Waals surface area contributed by atoms with Crippen molar-refractivity contribution in [1.29, 1.82) is 0 Å². The summed E-state index contributed by atoms with van der Waals surface area (Å²) in [6.07, 6.45) is 2.96. The number of anilines is 1. The molecule has 2 amide bonds. The minimum Gasteiger partial charge on any atom is -0.342 e. The van der Waals surface area contributed by atoms with Crippen molar-refractivity contribution < 1.29 is 9.59 Å². The highest BCUT2D eigenvalue weighted by Gasteiger charge is 2.28. The van der Waals surface area contributed by atoms with Crippen LogP contribution in [0.15, 0.2) is 54.6 Å². The third kappa shape index (κ3) is 4.94. The summed E-state index contributed by atoms with van der Waals surface area (Å²) in [5.41, 5.74) is 3.21. The lowest BCUT2D eigenvalue weighted by molar-refractivity contribution is -0.134. The summed E-state index contributed by atoms with van der Waals surface area (Å²) in [4.78, 5) is 26.9. The number of piperidine rings is 1. The molecule has 0 radical (unpaired) electrons. The lowest BCUT2D eigenvalue weighted by Gasteiger charge is -2.32. The van der Waals surface area contributed by atoms with Crippen LogP contribution in [0.5, 0.6) is 0 Å². The molecule has 1 saturated heterocycles. The molecule has 1 unspecified atom stereocenters. The molecule has 4 heteroatoms. The Kier molecular flexibility index (Phi) is 6.05. The van der Waals surface area contributed by atoms with Gasteiger partial charge in [-0.25, -0.2) is 0 Å². The van der Waals surface area contributed by atoms with Gasteiger partial charge in [-0.1, -0.05) is 48.0 Å². The van der Waals surface area contributed by atoms with Gasteiger partial charge in [-0.3, -0.25) is 9.59 Å². The maximum Gasteiger partial charge on any atom is 0.229 e. The van der Waals surface area contributed by atoms with Gasteiger partial charge in [0.15, 0.2) is 0 Å². The first-order valence-electron chi connectivity index (χ1n) is 9.31. The molecule has 1 aliphatic heterocycles. The molecule has 2 aromatic carbocycles. The van der Waals surface area contributed by atoms with E-state index in [0.29, 0.717) is 13.0 Å². The number of nitrogens with zero attached hydrogens (tertiary/aromatic N) is 1. The fourth-order valence-corrected chi connectivity index (χ4v) is 3.46. The molecule has 136 valence electrons. The number of carbonyl (C=O) groups excluding carboxylic acids is 2. The molecule has 2 aromatic rings. The van der Waals surface area contributed by atoms with Gasteiger partial charge in [0.05, 0.1) is 5.92 Å². The van der Waals surface area contributed by atoms with Gasteiger partial charge >= 0.3 is 0 Å². The summed E-state index contributed by atoms with van der Waals surface area (Å²) in [6, 6.07) is 17.8. The molecule has 26 heavy (non-hydrogen) atoms. The number of nitrogens with one attached hydrogen (secondary N) is 1. The van der Waals surface area contributed by atoms with Gasteiger partial charge < -0.3 is 10.2 Å². The number of amides is 2. The maximum absolute atomic E-state index is 12.6. The highest BCUT2D eigenvalue weighted by molar-refractivity contribution is 5.93. The van der Waals surface area contributed by atoms with Crippen molar-refractivity contribution >= 4 is 17.5 Å². The van der Waals surface area contributed by atoms with Crippen LogP contribution in [0, 0.1) is 12.8 Å². The van der Waals surface area contributed by atoms with E-state index in [4.69, 9.17) is 0 Å². The van der Waals surface area contributed by atoms with Crippen LogP contribution in [0.2, 0.25) is 0 Å². The molecule has 0 saturated carbocycles. The number of likely N-dealkylation sites (tertiary alicyclic amines) is 1. The summed E-state index contributed by atoms with van der Waals surface area (Å²) in [7, 11) is 0. The molecule has 1 atom stereocenters. The minimum absolute atomic E-state index is 0.00684. The van der Waals surface area contributed by atoms with E-state index in [-0.39, 0.29) is 17.7 Å². The average molecular weight is 350 g/mol. The number of aryl methyl sites for hydroxylation is 2. The van der Waals surface area contributed by atoms with Crippen LogP contribution in [-0.2, 0) is 16.0 Å². The summed E-state index contributed by atoms with van der Waals surface area (Å²) in [5.74, 6) is 0.0166. The fraction of sp³-hybridized carbons (Fsp3) is 0.364. The van der Waals surface area contributed by atoms with Crippen LogP contribution >= 0.6 is 0 Å². The van der Waals surface area contributed by atoms with E-state index in [1.165, 1.54) is 11.1 Å². The lowest BCUT2D eigenvalue weighted by atomic mass is 9.96. The van der Waals surface area contributed by atoms with Crippen molar-refractivity contribution in [2.75, 3.05) is 18.4 Å². The van der Waals surface area contributed by atoms with Gasteiger partial charge in [0, 0.05) is 25.2 Å². The number of benzene rings is 2. The molecule has 1 heterocycles.